The molecule has 1 aliphatic rings. The van der Waals surface area contributed by atoms with Gasteiger partial charge in [0.25, 0.3) is 0 Å². The van der Waals surface area contributed by atoms with Crippen molar-refractivity contribution in [3.8, 4) is 0 Å². The summed E-state index contributed by atoms with van der Waals surface area (Å²) in [4.78, 5) is 22.9. The number of carbonyl (C=O) groups excluding carboxylic acids is 1. The van der Waals surface area contributed by atoms with E-state index in [2.05, 4.69) is 27.1 Å². The average molecular weight is 262 g/mol. The molecule has 2 heterocycles. The summed E-state index contributed by atoms with van der Waals surface area (Å²) >= 11 is 0. The van der Waals surface area contributed by atoms with Gasteiger partial charge in [0.15, 0.2) is 0 Å². The van der Waals surface area contributed by atoms with Crippen LogP contribution in [-0.4, -0.2) is 35.5 Å². The van der Waals surface area contributed by atoms with Crippen LogP contribution >= 0.6 is 0 Å². The van der Waals surface area contributed by atoms with Crippen molar-refractivity contribution in [2.45, 2.75) is 33.1 Å². The molecule has 5 nitrogen and oxygen atoms in total. The Morgan fingerprint density at radius 2 is 2.42 bits per heavy atom. The van der Waals surface area contributed by atoms with Crippen LogP contribution in [0.2, 0.25) is 0 Å². The number of aromatic nitrogens is 2. The minimum atomic E-state index is 0.0596. The topological polar surface area (TPSA) is 58.1 Å². The van der Waals surface area contributed by atoms with Gasteiger partial charge in [0.2, 0.25) is 11.9 Å². The van der Waals surface area contributed by atoms with Crippen molar-refractivity contribution < 1.29 is 4.79 Å². The molecule has 0 radical (unpaired) electrons. The molecule has 5 heteroatoms. The SMILES string of the molecule is CCCNC(=O)C1CCCN(c2nccc(C)n2)C1. The van der Waals surface area contributed by atoms with Gasteiger partial charge >= 0.3 is 0 Å². The average Bonchev–Trinajstić information content (AvgIpc) is 2.45. The predicted octanol–water partition coefficient (Wildman–Crippen LogP) is 1.53. The van der Waals surface area contributed by atoms with E-state index in [1.165, 1.54) is 0 Å². The van der Waals surface area contributed by atoms with Gasteiger partial charge in [0.1, 0.15) is 0 Å². The molecule has 0 saturated carbocycles. The Bertz CT molecular complexity index is 435. The van der Waals surface area contributed by atoms with Gasteiger partial charge in [-0.25, -0.2) is 9.97 Å². The maximum Gasteiger partial charge on any atom is 0.225 e. The minimum Gasteiger partial charge on any atom is -0.356 e. The first kappa shape index (κ1) is 13.8. The molecule has 1 N–H and O–H groups in total. The zero-order valence-electron chi connectivity index (χ0n) is 11.7. The smallest absolute Gasteiger partial charge is 0.225 e. The molecule has 1 aliphatic heterocycles. The van der Waals surface area contributed by atoms with E-state index in [0.717, 1.165) is 50.5 Å². The monoisotopic (exact) mass is 262 g/mol. The van der Waals surface area contributed by atoms with Crippen molar-refractivity contribution >= 4 is 11.9 Å². The number of rotatable bonds is 4. The van der Waals surface area contributed by atoms with Gasteiger partial charge in [-0.2, -0.15) is 0 Å². The van der Waals surface area contributed by atoms with Crippen LogP contribution in [0.4, 0.5) is 5.95 Å². The zero-order valence-corrected chi connectivity index (χ0v) is 11.7. The summed E-state index contributed by atoms with van der Waals surface area (Å²) in [7, 11) is 0. The fourth-order valence-corrected chi connectivity index (χ4v) is 2.35. The molecule has 1 unspecified atom stereocenters. The Kier molecular flexibility index (Phi) is 4.71. The Labute approximate surface area is 114 Å². The standard InChI is InChI=1S/C14H22N4O/c1-3-7-15-13(19)12-5-4-9-18(10-12)14-16-8-6-11(2)17-14/h6,8,12H,3-5,7,9-10H2,1-2H3,(H,15,19). The highest BCUT2D eigenvalue weighted by Gasteiger charge is 2.26. The van der Waals surface area contributed by atoms with Crippen LogP contribution in [0.1, 0.15) is 31.9 Å². The first-order valence-electron chi connectivity index (χ1n) is 7.03. The highest BCUT2D eigenvalue weighted by atomic mass is 16.1. The lowest BCUT2D eigenvalue weighted by molar-refractivity contribution is -0.125. The van der Waals surface area contributed by atoms with E-state index >= 15 is 0 Å². The second-order valence-corrected chi connectivity index (χ2v) is 5.07. The van der Waals surface area contributed by atoms with Gasteiger partial charge in [0, 0.05) is 31.5 Å². The van der Waals surface area contributed by atoms with Crippen molar-refractivity contribution in [3.05, 3.63) is 18.0 Å². The van der Waals surface area contributed by atoms with Gasteiger partial charge in [-0.1, -0.05) is 6.92 Å². The molecule has 1 fully saturated rings. The van der Waals surface area contributed by atoms with Crippen LogP contribution in [0, 0.1) is 12.8 Å². The van der Waals surface area contributed by atoms with E-state index in [0.29, 0.717) is 0 Å². The minimum absolute atomic E-state index is 0.0596. The number of amides is 1. The molecule has 0 spiro atoms. The third-order valence-electron chi connectivity index (χ3n) is 3.41. The lowest BCUT2D eigenvalue weighted by atomic mass is 9.97. The van der Waals surface area contributed by atoms with Crippen molar-refractivity contribution in [1.82, 2.24) is 15.3 Å². The fraction of sp³-hybridized carbons (Fsp3) is 0.643. The lowest BCUT2D eigenvalue weighted by Gasteiger charge is -2.32. The Hall–Kier alpha value is -1.65. The Balaban J connectivity index is 1.99. The Morgan fingerprint density at radius 1 is 1.58 bits per heavy atom. The molecular weight excluding hydrogens is 240 g/mol. The van der Waals surface area contributed by atoms with Crippen LogP contribution in [0.3, 0.4) is 0 Å². The number of hydrogen-bond acceptors (Lipinski definition) is 4. The zero-order chi connectivity index (χ0) is 13.7. The molecular formula is C14H22N4O. The van der Waals surface area contributed by atoms with Gasteiger partial charge in [-0.15, -0.1) is 0 Å². The van der Waals surface area contributed by atoms with Crippen molar-refractivity contribution in [2.24, 2.45) is 5.92 Å². The molecule has 1 aromatic rings. The van der Waals surface area contributed by atoms with E-state index in [4.69, 9.17) is 0 Å². The molecule has 0 aromatic carbocycles. The van der Waals surface area contributed by atoms with E-state index in [1.54, 1.807) is 6.20 Å². The third kappa shape index (κ3) is 3.66. The molecule has 0 bridgehead atoms. The largest absolute Gasteiger partial charge is 0.356 e. The number of carbonyl (C=O) groups is 1. The molecule has 2 rings (SSSR count). The fourth-order valence-electron chi connectivity index (χ4n) is 2.35. The maximum atomic E-state index is 12.0. The summed E-state index contributed by atoms with van der Waals surface area (Å²) in [6, 6.07) is 1.89. The van der Waals surface area contributed by atoms with E-state index in [9.17, 15) is 4.79 Å². The molecule has 1 aromatic heterocycles. The summed E-state index contributed by atoms with van der Waals surface area (Å²) in [5.41, 5.74) is 0.961. The number of anilines is 1. The van der Waals surface area contributed by atoms with Crippen LogP contribution < -0.4 is 10.2 Å². The highest BCUT2D eigenvalue weighted by molar-refractivity contribution is 5.79. The summed E-state index contributed by atoms with van der Waals surface area (Å²) in [5.74, 6) is 0.969. The Morgan fingerprint density at radius 3 is 3.16 bits per heavy atom. The van der Waals surface area contributed by atoms with E-state index in [-0.39, 0.29) is 11.8 Å². The van der Waals surface area contributed by atoms with Gasteiger partial charge in [-0.05, 0) is 32.3 Å². The first-order chi connectivity index (χ1) is 9.20. The van der Waals surface area contributed by atoms with E-state index < -0.39 is 0 Å². The van der Waals surface area contributed by atoms with E-state index in [1.807, 2.05) is 13.0 Å². The summed E-state index contributed by atoms with van der Waals surface area (Å²) in [5, 5.41) is 2.98. The van der Waals surface area contributed by atoms with Crippen LogP contribution in [0.15, 0.2) is 12.3 Å². The summed E-state index contributed by atoms with van der Waals surface area (Å²) in [6.07, 6.45) is 4.72. The quantitative estimate of drug-likeness (QED) is 0.894. The second kappa shape index (κ2) is 6.50. The number of aryl methyl sites for hydroxylation is 1. The lowest BCUT2D eigenvalue weighted by Crippen LogP contribution is -2.43. The van der Waals surface area contributed by atoms with Gasteiger partial charge in [0.05, 0.1) is 5.92 Å². The molecule has 1 saturated heterocycles. The molecule has 1 atom stereocenters. The first-order valence-corrected chi connectivity index (χ1v) is 7.03. The van der Waals surface area contributed by atoms with Crippen LogP contribution in [0.25, 0.3) is 0 Å². The van der Waals surface area contributed by atoms with Crippen LogP contribution in [0.5, 0.6) is 0 Å². The highest BCUT2D eigenvalue weighted by Crippen LogP contribution is 2.20. The molecule has 104 valence electrons. The molecule has 1 amide bonds. The van der Waals surface area contributed by atoms with Crippen molar-refractivity contribution in [1.29, 1.82) is 0 Å². The number of piperidine rings is 1. The summed E-state index contributed by atoms with van der Waals surface area (Å²) < 4.78 is 0. The van der Waals surface area contributed by atoms with Gasteiger partial charge < -0.3 is 10.2 Å². The second-order valence-electron chi connectivity index (χ2n) is 5.07. The summed E-state index contributed by atoms with van der Waals surface area (Å²) in [6.45, 7) is 6.44. The predicted molar refractivity (Wildman–Crippen MR) is 75.0 cm³/mol. The van der Waals surface area contributed by atoms with Crippen LogP contribution in [-0.2, 0) is 4.79 Å². The molecule has 19 heavy (non-hydrogen) atoms. The van der Waals surface area contributed by atoms with Crippen molar-refractivity contribution in [3.63, 3.8) is 0 Å². The van der Waals surface area contributed by atoms with Crippen molar-refractivity contribution in [2.75, 3.05) is 24.5 Å². The number of hydrogen-bond donors (Lipinski definition) is 1. The number of nitrogens with zero attached hydrogens (tertiary/aromatic N) is 3. The molecule has 0 aliphatic carbocycles. The third-order valence-corrected chi connectivity index (χ3v) is 3.41. The maximum absolute atomic E-state index is 12.0. The number of nitrogens with one attached hydrogen (secondary N) is 1. The van der Waals surface area contributed by atoms with Gasteiger partial charge in [-0.3, -0.25) is 4.79 Å². The normalized spacial score (nSPS) is 19.3.